The molecule has 37 heavy (non-hydrogen) atoms. The second kappa shape index (κ2) is 8.63. The predicted octanol–water partition coefficient (Wildman–Crippen LogP) is 6.05. The second-order valence-electron chi connectivity index (χ2n) is 9.84. The quantitative estimate of drug-likeness (QED) is 0.356. The molecule has 2 heterocycles. The Bertz CT molecular complexity index is 1670. The summed E-state index contributed by atoms with van der Waals surface area (Å²) in [6.45, 7) is 6.74. The van der Waals surface area contributed by atoms with Gasteiger partial charge in [0.25, 0.3) is 0 Å². The van der Waals surface area contributed by atoms with Gasteiger partial charge in [-0.1, -0.05) is 72.3 Å². The minimum Gasteiger partial charge on any atom is -0.466 e. The monoisotopic (exact) mass is 488 g/mol. The summed E-state index contributed by atoms with van der Waals surface area (Å²) in [6, 6.07) is 24.4. The van der Waals surface area contributed by atoms with Crippen LogP contribution in [0.1, 0.15) is 51.1 Å². The Kier molecular flexibility index (Phi) is 5.37. The lowest BCUT2D eigenvalue weighted by Crippen LogP contribution is -2.29. The lowest BCUT2D eigenvalue weighted by molar-refractivity contribution is -0.136. The molecule has 1 N–H and O–H groups in total. The fourth-order valence-corrected chi connectivity index (χ4v) is 5.90. The highest BCUT2D eigenvalue weighted by Crippen LogP contribution is 2.49. The van der Waals surface area contributed by atoms with Gasteiger partial charge in [0.2, 0.25) is 0 Å². The molecule has 4 aromatic rings. The predicted molar refractivity (Wildman–Crippen MR) is 145 cm³/mol. The van der Waals surface area contributed by atoms with Gasteiger partial charge in [-0.15, -0.1) is 0 Å². The first-order valence-corrected chi connectivity index (χ1v) is 12.5. The van der Waals surface area contributed by atoms with Gasteiger partial charge in [-0.3, -0.25) is 4.79 Å². The maximum atomic E-state index is 13.9. The highest BCUT2D eigenvalue weighted by atomic mass is 16.5. The van der Waals surface area contributed by atoms with Crippen LogP contribution in [-0.2, 0) is 16.1 Å². The van der Waals surface area contributed by atoms with Crippen LogP contribution < -0.4 is 5.32 Å². The number of aromatic nitrogens is 1. The van der Waals surface area contributed by atoms with Gasteiger partial charge >= 0.3 is 5.97 Å². The summed E-state index contributed by atoms with van der Waals surface area (Å²) in [5.74, 6) is -1.03. The van der Waals surface area contributed by atoms with Gasteiger partial charge < -0.3 is 14.6 Å². The highest BCUT2D eigenvalue weighted by molar-refractivity contribution is 6.23. The molecule has 5 nitrogen and oxygen atoms in total. The number of dihydropyridines is 1. The van der Waals surface area contributed by atoms with E-state index < -0.39 is 11.9 Å². The number of Topliss-reactive ketones (excluding diaryl/α,β-unsaturated/α-hetero) is 1. The van der Waals surface area contributed by atoms with Gasteiger partial charge in [-0.2, -0.15) is 0 Å². The maximum Gasteiger partial charge on any atom is 0.336 e. The number of allylic oxidation sites excluding steroid dienone is 2. The van der Waals surface area contributed by atoms with Gasteiger partial charge in [0.1, 0.15) is 0 Å². The van der Waals surface area contributed by atoms with E-state index in [1.807, 2.05) is 43.3 Å². The molecule has 0 radical (unpaired) electrons. The number of esters is 1. The van der Waals surface area contributed by atoms with E-state index in [9.17, 15) is 9.59 Å². The van der Waals surface area contributed by atoms with Crippen LogP contribution in [0.2, 0.25) is 0 Å². The Morgan fingerprint density at radius 3 is 2.32 bits per heavy atom. The van der Waals surface area contributed by atoms with Gasteiger partial charge in [-0.05, 0) is 38.0 Å². The standard InChI is InChI=1S/C32H28N2O3/c1-18-13-15-21(16-14-18)17-34-20(3)27(24-11-7-8-12-25(24)34)28-26(32(36)37-4)19(2)33-30-22-9-5-6-10-23(22)31(35)29(28)30/h5-16,28,33H,17H2,1-4H3/t28-/m0/s1. The van der Waals surface area contributed by atoms with Crippen LogP contribution in [0, 0.1) is 13.8 Å². The van der Waals surface area contributed by atoms with Crippen molar-refractivity contribution in [1.82, 2.24) is 9.88 Å². The van der Waals surface area contributed by atoms with Crippen molar-refractivity contribution >= 4 is 28.4 Å². The molecule has 1 aliphatic carbocycles. The Labute approximate surface area is 216 Å². The van der Waals surface area contributed by atoms with Crippen LogP contribution in [-0.4, -0.2) is 23.4 Å². The van der Waals surface area contributed by atoms with Crippen LogP contribution in [0.5, 0.6) is 0 Å². The third kappa shape index (κ3) is 3.45. The number of carbonyl (C=O) groups is 2. The highest BCUT2D eigenvalue weighted by Gasteiger charge is 2.44. The topological polar surface area (TPSA) is 60.3 Å². The third-order valence-electron chi connectivity index (χ3n) is 7.68. The Hall–Kier alpha value is -4.38. The zero-order chi connectivity index (χ0) is 25.8. The van der Waals surface area contributed by atoms with E-state index in [0.29, 0.717) is 29.0 Å². The largest absolute Gasteiger partial charge is 0.466 e. The first kappa shape index (κ1) is 23.0. The van der Waals surface area contributed by atoms with Crippen LogP contribution in [0.25, 0.3) is 16.6 Å². The lowest BCUT2D eigenvalue weighted by atomic mass is 9.78. The molecule has 0 bridgehead atoms. The van der Waals surface area contributed by atoms with E-state index in [1.54, 1.807) is 0 Å². The number of para-hydroxylation sites is 1. The minimum atomic E-state index is -0.548. The zero-order valence-corrected chi connectivity index (χ0v) is 21.4. The number of ether oxygens (including phenoxy) is 1. The summed E-state index contributed by atoms with van der Waals surface area (Å²) in [7, 11) is 1.39. The first-order valence-electron chi connectivity index (χ1n) is 12.5. The summed E-state index contributed by atoms with van der Waals surface area (Å²) in [5.41, 5.74) is 9.57. The number of carbonyl (C=O) groups excluding carboxylic acids is 2. The molecule has 1 atom stereocenters. The molecular formula is C32H28N2O3. The Morgan fingerprint density at radius 2 is 1.59 bits per heavy atom. The molecule has 5 heteroatoms. The molecule has 0 unspecified atom stereocenters. The molecule has 0 amide bonds. The molecule has 2 aliphatic rings. The van der Waals surface area contributed by atoms with Gasteiger partial charge in [0.15, 0.2) is 5.78 Å². The summed E-state index contributed by atoms with van der Waals surface area (Å²) in [5, 5.41) is 4.41. The normalized spacial score (nSPS) is 16.6. The van der Waals surface area contributed by atoms with E-state index in [-0.39, 0.29) is 5.78 Å². The number of aryl methyl sites for hydroxylation is 1. The van der Waals surface area contributed by atoms with Crippen molar-refractivity contribution in [1.29, 1.82) is 0 Å². The number of fused-ring (bicyclic) bond motifs is 3. The number of hydrogen-bond donors (Lipinski definition) is 1. The number of benzene rings is 3. The second-order valence-corrected chi connectivity index (χ2v) is 9.84. The molecule has 1 aromatic heterocycles. The van der Waals surface area contributed by atoms with Crippen molar-refractivity contribution < 1.29 is 14.3 Å². The number of nitrogens with one attached hydrogen (secondary N) is 1. The van der Waals surface area contributed by atoms with E-state index in [4.69, 9.17) is 4.74 Å². The molecule has 184 valence electrons. The van der Waals surface area contributed by atoms with Crippen molar-refractivity contribution in [3.05, 3.63) is 123 Å². The number of nitrogens with zero attached hydrogens (tertiary/aromatic N) is 1. The number of methoxy groups -OCH3 is 1. The molecule has 0 spiro atoms. The van der Waals surface area contributed by atoms with Crippen molar-refractivity contribution in [2.45, 2.75) is 33.2 Å². The van der Waals surface area contributed by atoms with Crippen molar-refractivity contribution in [3.8, 4) is 0 Å². The smallest absolute Gasteiger partial charge is 0.336 e. The summed E-state index contributed by atoms with van der Waals surface area (Å²) >= 11 is 0. The van der Waals surface area contributed by atoms with Gasteiger partial charge in [0.05, 0.1) is 24.3 Å². The van der Waals surface area contributed by atoms with Crippen LogP contribution in [0.4, 0.5) is 0 Å². The maximum absolute atomic E-state index is 13.9. The van der Waals surface area contributed by atoms with Crippen LogP contribution >= 0.6 is 0 Å². The van der Waals surface area contributed by atoms with Gasteiger partial charge in [-0.25, -0.2) is 4.79 Å². The average molecular weight is 489 g/mol. The van der Waals surface area contributed by atoms with Crippen molar-refractivity contribution in [2.75, 3.05) is 7.11 Å². The summed E-state index contributed by atoms with van der Waals surface area (Å²) in [6.07, 6.45) is 0. The van der Waals surface area contributed by atoms with Crippen molar-refractivity contribution in [2.24, 2.45) is 0 Å². The van der Waals surface area contributed by atoms with E-state index in [1.165, 1.54) is 18.2 Å². The first-order chi connectivity index (χ1) is 17.9. The molecule has 1 aliphatic heterocycles. The molecule has 0 saturated carbocycles. The summed E-state index contributed by atoms with van der Waals surface area (Å²) < 4.78 is 7.55. The molecule has 0 fully saturated rings. The number of hydrogen-bond acceptors (Lipinski definition) is 4. The van der Waals surface area contributed by atoms with E-state index in [0.717, 1.165) is 33.4 Å². The Morgan fingerprint density at radius 1 is 0.919 bits per heavy atom. The average Bonchev–Trinajstić information content (AvgIpc) is 3.35. The number of ketones is 1. The number of rotatable bonds is 4. The van der Waals surface area contributed by atoms with E-state index in [2.05, 4.69) is 60.1 Å². The fourth-order valence-electron chi connectivity index (χ4n) is 5.90. The fraction of sp³-hybridized carbons (Fsp3) is 0.188. The molecule has 0 saturated heterocycles. The molecule has 3 aromatic carbocycles. The van der Waals surface area contributed by atoms with Gasteiger partial charge in [0, 0.05) is 45.5 Å². The zero-order valence-electron chi connectivity index (χ0n) is 21.4. The molecule has 6 rings (SSSR count). The minimum absolute atomic E-state index is 0.0493. The van der Waals surface area contributed by atoms with Crippen LogP contribution in [0.15, 0.2) is 89.6 Å². The lowest BCUT2D eigenvalue weighted by Gasteiger charge is -2.29. The third-order valence-corrected chi connectivity index (χ3v) is 7.68. The van der Waals surface area contributed by atoms with Crippen molar-refractivity contribution in [3.63, 3.8) is 0 Å². The SMILES string of the molecule is COC(=O)C1=C(C)NC2=C(C(=O)c3ccccc32)[C@@H]1c1c(C)n(Cc2ccc(C)cc2)c2ccccc12. The molecular weight excluding hydrogens is 460 g/mol. The van der Waals surface area contributed by atoms with Crippen LogP contribution in [0.3, 0.4) is 0 Å². The van der Waals surface area contributed by atoms with E-state index >= 15 is 0 Å². The summed E-state index contributed by atoms with van der Waals surface area (Å²) in [4.78, 5) is 27.1. The Balaban J connectivity index is 1.62.